The van der Waals surface area contributed by atoms with Gasteiger partial charge >= 0.3 is 0 Å². The molecule has 1 saturated heterocycles. The van der Waals surface area contributed by atoms with Gasteiger partial charge in [0.1, 0.15) is 12.0 Å². The molecule has 0 spiro atoms. The van der Waals surface area contributed by atoms with Crippen LogP contribution in [0, 0.1) is 10.1 Å². The van der Waals surface area contributed by atoms with Crippen molar-refractivity contribution in [2.24, 2.45) is 0 Å². The van der Waals surface area contributed by atoms with Crippen molar-refractivity contribution < 1.29 is 4.92 Å². The third-order valence-corrected chi connectivity index (χ3v) is 3.61. The van der Waals surface area contributed by atoms with Crippen molar-refractivity contribution in [2.75, 3.05) is 11.9 Å². The minimum atomic E-state index is -0.450. The highest BCUT2D eigenvalue weighted by atomic mass is 79.9. The Kier molecular flexibility index (Phi) is 4.13. The second-order valence-electron chi connectivity index (χ2n) is 4.50. The fraction of sp³-hybridized carbons (Fsp3) is 0.545. The molecule has 0 saturated carbocycles. The normalized spacial score (nSPS) is 23.7. The number of pyridine rings is 1. The van der Waals surface area contributed by atoms with Crippen LogP contribution < -0.4 is 10.6 Å². The zero-order valence-electron chi connectivity index (χ0n) is 10.0. The standard InChI is InChI=1S/C11H15BrN4O2/c1-7-4-8(2-3-13-7)15-11-10(12)5-9(6-14-11)16(17)18/h5-8,13H,2-4H2,1H3,(H,14,15). The van der Waals surface area contributed by atoms with Gasteiger partial charge in [0.15, 0.2) is 0 Å². The third kappa shape index (κ3) is 3.17. The molecule has 18 heavy (non-hydrogen) atoms. The summed E-state index contributed by atoms with van der Waals surface area (Å²) < 4.78 is 0.628. The summed E-state index contributed by atoms with van der Waals surface area (Å²) in [6, 6.07) is 2.31. The van der Waals surface area contributed by atoms with E-state index in [2.05, 4.69) is 38.5 Å². The maximum absolute atomic E-state index is 10.6. The predicted octanol–water partition coefficient (Wildman–Crippen LogP) is 2.30. The number of halogens is 1. The lowest BCUT2D eigenvalue weighted by molar-refractivity contribution is -0.385. The van der Waals surface area contributed by atoms with Gasteiger partial charge in [0.25, 0.3) is 5.69 Å². The van der Waals surface area contributed by atoms with Gasteiger partial charge in [0.2, 0.25) is 0 Å². The molecule has 7 heteroatoms. The summed E-state index contributed by atoms with van der Waals surface area (Å²) in [7, 11) is 0. The second-order valence-corrected chi connectivity index (χ2v) is 5.36. The van der Waals surface area contributed by atoms with E-state index in [1.54, 1.807) is 0 Å². The van der Waals surface area contributed by atoms with E-state index in [0.717, 1.165) is 19.4 Å². The van der Waals surface area contributed by atoms with Gasteiger partial charge in [-0.2, -0.15) is 0 Å². The lowest BCUT2D eigenvalue weighted by atomic mass is 10.0. The zero-order chi connectivity index (χ0) is 13.1. The molecular formula is C11H15BrN4O2. The molecule has 0 bridgehead atoms. The Labute approximate surface area is 113 Å². The average molecular weight is 315 g/mol. The Bertz CT molecular complexity index is 455. The minimum absolute atomic E-state index is 0.00824. The molecule has 0 radical (unpaired) electrons. The molecule has 1 aromatic rings. The number of aromatic nitrogens is 1. The van der Waals surface area contributed by atoms with E-state index in [0.29, 0.717) is 22.4 Å². The molecule has 1 aliphatic heterocycles. The van der Waals surface area contributed by atoms with Gasteiger partial charge in [-0.15, -0.1) is 0 Å². The monoisotopic (exact) mass is 314 g/mol. The largest absolute Gasteiger partial charge is 0.366 e. The zero-order valence-corrected chi connectivity index (χ0v) is 11.6. The minimum Gasteiger partial charge on any atom is -0.366 e. The highest BCUT2D eigenvalue weighted by Crippen LogP contribution is 2.26. The van der Waals surface area contributed by atoms with Gasteiger partial charge in [0.05, 0.1) is 9.40 Å². The van der Waals surface area contributed by atoms with Gasteiger partial charge in [-0.25, -0.2) is 4.98 Å². The highest BCUT2D eigenvalue weighted by molar-refractivity contribution is 9.10. The third-order valence-electron chi connectivity index (χ3n) is 3.00. The summed E-state index contributed by atoms with van der Waals surface area (Å²) in [5, 5.41) is 17.3. The van der Waals surface area contributed by atoms with Crippen LogP contribution in [0.1, 0.15) is 19.8 Å². The van der Waals surface area contributed by atoms with Crippen molar-refractivity contribution in [3.8, 4) is 0 Å². The van der Waals surface area contributed by atoms with Crippen molar-refractivity contribution in [1.82, 2.24) is 10.3 Å². The van der Waals surface area contributed by atoms with Crippen molar-refractivity contribution in [2.45, 2.75) is 31.8 Å². The summed E-state index contributed by atoms with van der Waals surface area (Å²) in [6.07, 6.45) is 3.32. The summed E-state index contributed by atoms with van der Waals surface area (Å²) in [5.41, 5.74) is -0.00824. The van der Waals surface area contributed by atoms with Crippen molar-refractivity contribution in [3.63, 3.8) is 0 Å². The molecule has 6 nitrogen and oxygen atoms in total. The summed E-state index contributed by atoms with van der Waals surface area (Å²) in [5.74, 6) is 0.666. The van der Waals surface area contributed by atoms with Gasteiger partial charge in [-0.05, 0) is 42.2 Å². The smallest absolute Gasteiger partial charge is 0.288 e. The van der Waals surface area contributed by atoms with Crippen molar-refractivity contribution in [3.05, 3.63) is 26.9 Å². The molecule has 0 amide bonds. The van der Waals surface area contributed by atoms with Crippen LogP contribution in [-0.4, -0.2) is 28.5 Å². The molecule has 1 aliphatic rings. The van der Waals surface area contributed by atoms with E-state index in [-0.39, 0.29) is 5.69 Å². The predicted molar refractivity (Wildman–Crippen MR) is 72.7 cm³/mol. The van der Waals surface area contributed by atoms with Crippen LogP contribution in [0.25, 0.3) is 0 Å². The van der Waals surface area contributed by atoms with Crippen molar-refractivity contribution in [1.29, 1.82) is 0 Å². The van der Waals surface area contributed by atoms with E-state index < -0.39 is 4.92 Å². The number of nitro groups is 1. The molecule has 2 atom stereocenters. The molecule has 2 N–H and O–H groups in total. The Morgan fingerprint density at radius 1 is 1.67 bits per heavy atom. The Hall–Kier alpha value is -1.21. The van der Waals surface area contributed by atoms with Crippen LogP contribution in [0.3, 0.4) is 0 Å². The van der Waals surface area contributed by atoms with Crippen LogP contribution >= 0.6 is 15.9 Å². The lowest BCUT2D eigenvalue weighted by Gasteiger charge is -2.29. The molecule has 2 rings (SSSR count). The van der Waals surface area contributed by atoms with Gasteiger partial charge < -0.3 is 10.6 Å². The molecule has 1 aromatic heterocycles. The molecule has 2 unspecified atom stereocenters. The van der Waals surface area contributed by atoms with Crippen LogP contribution in [-0.2, 0) is 0 Å². The highest BCUT2D eigenvalue weighted by Gasteiger charge is 2.20. The maximum atomic E-state index is 10.6. The Morgan fingerprint density at radius 2 is 2.44 bits per heavy atom. The summed E-state index contributed by atoms with van der Waals surface area (Å²) in [4.78, 5) is 14.3. The number of anilines is 1. The topological polar surface area (TPSA) is 80.1 Å². The van der Waals surface area contributed by atoms with Crippen LogP contribution in [0.4, 0.5) is 11.5 Å². The number of hydrogen-bond acceptors (Lipinski definition) is 5. The molecule has 0 aliphatic carbocycles. The average Bonchev–Trinajstić information content (AvgIpc) is 2.31. The van der Waals surface area contributed by atoms with E-state index >= 15 is 0 Å². The SMILES string of the molecule is CC1CC(Nc2ncc([N+](=O)[O-])cc2Br)CCN1. The first kappa shape index (κ1) is 13.2. The maximum Gasteiger partial charge on any atom is 0.288 e. The van der Waals surface area contributed by atoms with Gasteiger partial charge in [-0.3, -0.25) is 10.1 Å². The Balaban J connectivity index is 2.07. The quantitative estimate of drug-likeness (QED) is 0.661. The fourth-order valence-electron chi connectivity index (χ4n) is 2.09. The molecule has 98 valence electrons. The number of nitrogens with zero attached hydrogens (tertiary/aromatic N) is 2. The summed E-state index contributed by atoms with van der Waals surface area (Å²) in [6.45, 7) is 3.12. The number of nitrogens with one attached hydrogen (secondary N) is 2. The van der Waals surface area contributed by atoms with E-state index in [9.17, 15) is 10.1 Å². The molecule has 1 fully saturated rings. The van der Waals surface area contributed by atoms with Crippen LogP contribution in [0.5, 0.6) is 0 Å². The molecule has 0 aromatic carbocycles. The van der Waals surface area contributed by atoms with Gasteiger partial charge in [0, 0.05) is 18.2 Å². The molecular weight excluding hydrogens is 300 g/mol. The number of rotatable bonds is 3. The van der Waals surface area contributed by atoms with Crippen molar-refractivity contribution >= 4 is 27.4 Å². The van der Waals surface area contributed by atoms with Gasteiger partial charge in [-0.1, -0.05) is 0 Å². The van der Waals surface area contributed by atoms with Crippen LogP contribution in [0.2, 0.25) is 0 Å². The first-order chi connectivity index (χ1) is 8.56. The first-order valence-corrected chi connectivity index (χ1v) is 6.65. The molecule has 2 heterocycles. The number of hydrogen-bond donors (Lipinski definition) is 2. The second kappa shape index (κ2) is 5.62. The van der Waals surface area contributed by atoms with E-state index in [1.165, 1.54) is 12.3 Å². The first-order valence-electron chi connectivity index (χ1n) is 5.86. The Morgan fingerprint density at radius 3 is 3.06 bits per heavy atom. The summed E-state index contributed by atoms with van der Waals surface area (Å²) >= 11 is 3.31. The van der Waals surface area contributed by atoms with Crippen LogP contribution in [0.15, 0.2) is 16.7 Å². The lowest BCUT2D eigenvalue weighted by Crippen LogP contribution is -2.41. The number of piperidine rings is 1. The van der Waals surface area contributed by atoms with E-state index in [1.807, 2.05) is 0 Å². The fourth-order valence-corrected chi connectivity index (χ4v) is 2.54. The van der Waals surface area contributed by atoms with E-state index in [4.69, 9.17) is 0 Å².